The maximum Gasteiger partial charge on any atom is 0.338 e. The largest absolute Gasteiger partial charge is 0.495 e. The predicted octanol–water partition coefficient (Wildman–Crippen LogP) is 1.36. The van der Waals surface area contributed by atoms with E-state index in [0.29, 0.717) is 6.42 Å². The summed E-state index contributed by atoms with van der Waals surface area (Å²) in [7, 11) is -2.86. The molecule has 1 rings (SSSR count). The van der Waals surface area contributed by atoms with Crippen molar-refractivity contribution >= 4 is 22.0 Å². The lowest BCUT2D eigenvalue weighted by atomic mass is 10.2. The molecule has 0 fully saturated rings. The smallest absolute Gasteiger partial charge is 0.338 e. The third-order valence-corrected chi connectivity index (χ3v) is 4.94. The van der Waals surface area contributed by atoms with Gasteiger partial charge < -0.3 is 14.6 Å². The molecular formula is C15H21NO7S. The van der Waals surface area contributed by atoms with Crippen molar-refractivity contribution in [1.82, 2.24) is 4.31 Å². The van der Waals surface area contributed by atoms with Crippen molar-refractivity contribution < 1.29 is 32.6 Å². The van der Waals surface area contributed by atoms with Crippen molar-refractivity contribution in [3.05, 3.63) is 23.8 Å². The van der Waals surface area contributed by atoms with Crippen molar-refractivity contribution in [2.45, 2.75) is 25.2 Å². The number of methoxy groups -OCH3 is 1. The van der Waals surface area contributed by atoms with Gasteiger partial charge in [-0.2, -0.15) is 4.31 Å². The van der Waals surface area contributed by atoms with E-state index in [4.69, 9.17) is 14.6 Å². The lowest BCUT2D eigenvalue weighted by Crippen LogP contribution is -2.36. The molecule has 0 aliphatic heterocycles. The molecule has 0 spiro atoms. The van der Waals surface area contributed by atoms with Crippen LogP contribution in [0.3, 0.4) is 0 Å². The van der Waals surface area contributed by atoms with Crippen LogP contribution in [0.5, 0.6) is 5.75 Å². The number of ether oxygens (including phenoxy) is 2. The van der Waals surface area contributed by atoms with Gasteiger partial charge in [-0.15, -0.1) is 0 Å². The molecule has 0 aliphatic rings. The number of esters is 1. The van der Waals surface area contributed by atoms with Crippen LogP contribution in [0.1, 0.15) is 30.6 Å². The fraction of sp³-hybridized carbons (Fsp3) is 0.467. The number of nitrogens with zero attached hydrogens (tertiary/aromatic N) is 1. The van der Waals surface area contributed by atoms with E-state index in [-0.39, 0.29) is 29.4 Å². The molecule has 0 aromatic heterocycles. The van der Waals surface area contributed by atoms with Crippen LogP contribution in [-0.2, 0) is 19.6 Å². The number of sulfonamides is 1. The molecule has 0 unspecified atom stereocenters. The van der Waals surface area contributed by atoms with Crippen LogP contribution in [0.2, 0.25) is 0 Å². The first kappa shape index (κ1) is 19.9. The van der Waals surface area contributed by atoms with Gasteiger partial charge in [-0.3, -0.25) is 4.79 Å². The maximum absolute atomic E-state index is 12.8. The first-order valence-electron chi connectivity index (χ1n) is 7.35. The zero-order chi connectivity index (χ0) is 18.3. The second-order valence-corrected chi connectivity index (χ2v) is 6.72. The lowest BCUT2D eigenvalue weighted by Gasteiger charge is -2.21. The summed E-state index contributed by atoms with van der Waals surface area (Å²) in [5, 5.41) is 8.95. The average molecular weight is 359 g/mol. The highest BCUT2D eigenvalue weighted by Crippen LogP contribution is 2.28. The summed E-state index contributed by atoms with van der Waals surface area (Å²) in [6.45, 7) is 2.86. The number of hydrogen-bond acceptors (Lipinski definition) is 6. The minimum absolute atomic E-state index is 0.0227. The molecule has 0 amide bonds. The Morgan fingerprint density at radius 1 is 1.25 bits per heavy atom. The summed E-state index contributed by atoms with van der Waals surface area (Å²) in [5.74, 6) is -1.92. The van der Waals surface area contributed by atoms with Crippen molar-refractivity contribution in [2.24, 2.45) is 0 Å². The van der Waals surface area contributed by atoms with Gasteiger partial charge >= 0.3 is 11.9 Å². The summed E-state index contributed by atoms with van der Waals surface area (Å²) >= 11 is 0. The second-order valence-electron chi connectivity index (χ2n) is 4.82. The molecular weight excluding hydrogens is 338 g/mol. The standard InChI is InChI=1S/C15H21NO7S/c1-4-8-16(10-14(17)18)24(20,21)13-9-11(15(19)23-5-2)6-7-12(13)22-3/h6-7,9H,4-5,8,10H2,1-3H3,(H,17,18). The van der Waals surface area contributed by atoms with Gasteiger partial charge in [0.25, 0.3) is 0 Å². The van der Waals surface area contributed by atoms with Gasteiger partial charge in [-0.25, -0.2) is 13.2 Å². The number of carboxylic acid groups (broad SMARTS) is 1. The van der Waals surface area contributed by atoms with Crippen LogP contribution < -0.4 is 4.74 Å². The highest BCUT2D eigenvalue weighted by molar-refractivity contribution is 7.89. The first-order valence-corrected chi connectivity index (χ1v) is 8.79. The van der Waals surface area contributed by atoms with E-state index in [9.17, 15) is 18.0 Å². The van der Waals surface area contributed by atoms with Gasteiger partial charge in [0.2, 0.25) is 10.0 Å². The average Bonchev–Trinajstić information content (AvgIpc) is 2.53. The second kappa shape index (κ2) is 8.65. The fourth-order valence-corrected chi connectivity index (χ4v) is 3.71. The number of carboxylic acids is 1. The number of rotatable bonds is 9. The zero-order valence-electron chi connectivity index (χ0n) is 13.8. The minimum atomic E-state index is -4.15. The third-order valence-electron chi connectivity index (χ3n) is 3.08. The molecule has 24 heavy (non-hydrogen) atoms. The molecule has 0 atom stereocenters. The molecule has 1 aromatic carbocycles. The number of carbonyl (C=O) groups is 2. The predicted molar refractivity (Wildman–Crippen MR) is 85.6 cm³/mol. The SMILES string of the molecule is CCCN(CC(=O)O)S(=O)(=O)c1cc(C(=O)OCC)ccc1OC. The molecule has 0 heterocycles. The quantitative estimate of drug-likeness (QED) is 0.663. The molecule has 0 bridgehead atoms. The van der Waals surface area contributed by atoms with E-state index >= 15 is 0 Å². The summed E-state index contributed by atoms with van der Waals surface area (Å²) < 4.78 is 36.4. The van der Waals surface area contributed by atoms with Crippen LogP contribution in [0, 0.1) is 0 Å². The monoisotopic (exact) mass is 359 g/mol. The van der Waals surface area contributed by atoms with Gasteiger partial charge in [0, 0.05) is 6.54 Å². The molecule has 8 nitrogen and oxygen atoms in total. The molecule has 1 N–H and O–H groups in total. The Labute approximate surface area is 141 Å². The molecule has 0 radical (unpaired) electrons. The topological polar surface area (TPSA) is 110 Å². The van der Waals surface area contributed by atoms with E-state index in [2.05, 4.69) is 0 Å². The lowest BCUT2D eigenvalue weighted by molar-refractivity contribution is -0.137. The van der Waals surface area contributed by atoms with Crippen molar-refractivity contribution in [1.29, 1.82) is 0 Å². The molecule has 0 saturated heterocycles. The molecule has 9 heteroatoms. The summed E-state index contributed by atoms with van der Waals surface area (Å²) in [6.07, 6.45) is 0.437. The van der Waals surface area contributed by atoms with E-state index in [1.54, 1.807) is 13.8 Å². The first-order chi connectivity index (χ1) is 11.3. The van der Waals surface area contributed by atoms with Crippen LogP contribution in [0.15, 0.2) is 23.1 Å². The van der Waals surface area contributed by atoms with Gasteiger partial charge in [0.1, 0.15) is 17.2 Å². The van der Waals surface area contributed by atoms with Crippen molar-refractivity contribution in [2.75, 3.05) is 26.8 Å². The number of aliphatic carboxylic acids is 1. The number of hydrogen-bond donors (Lipinski definition) is 1. The Balaban J connectivity index is 3.40. The highest BCUT2D eigenvalue weighted by atomic mass is 32.2. The summed E-state index contributed by atoms with van der Waals surface area (Å²) in [4.78, 5) is 22.5. The maximum atomic E-state index is 12.8. The Hall–Kier alpha value is -2.13. The van der Waals surface area contributed by atoms with Crippen molar-refractivity contribution in [3.8, 4) is 5.75 Å². The minimum Gasteiger partial charge on any atom is -0.495 e. The Kier molecular flexibility index (Phi) is 7.18. The van der Waals surface area contributed by atoms with E-state index in [1.807, 2.05) is 0 Å². The van der Waals surface area contributed by atoms with Crippen LogP contribution in [-0.4, -0.2) is 56.6 Å². The van der Waals surface area contributed by atoms with Gasteiger partial charge in [0.05, 0.1) is 19.3 Å². The van der Waals surface area contributed by atoms with Gasteiger partial charge in [0.15, 0.2) is 0 Å². The number of carbonyl (C=O) groups excluding carboxylic acids is 1. The van der Waals surface area contributed by atoms with Gasteiger partial charge in [-0.05, 0) is 31.5 Å². The van der Waals surface area contributed by atoms with E-state index < -0.39 is 28.5 Å². The zero-order valence-corrected chi connectivity index (χ0v) is 14.6. The van der Waals surface area contributed by atoms with E-state index in [1.165, 1.54) is 19.2 Å². The Morgan fingerprint density at radius 2 is 1.92 bits per heavy atom. The van der Waals surface area contributed by atoms with Crippen LogP contribution in [0.4, 0.5) is 0 Å². The molecule has 0 aliphatic carbocycles. The van der Waals surface area contributed by atoms with Gasteiger partial charge in [-0.1, -0.05) is 6.92 Å². The van der Waals surface area contributed by atoms with E-state index in [0.717, 1.165) is 10.4 Å². The molecule has 0 saturated carbocycles. The summed E-state index contributed by atoms with van der Waals surface area (Å²) in [5.41, 5.74) is 0.0444. The molecule has 1 aromatic rings. The van der Waals surface area contributed by atoms with Crippen LogP contribution >= 0.6 is 0 Å². The summed E-state index contributed by atoms with van der Waals surface area (Å²) in [6, 6.07) is 3.86. The third kappa shape index (κ3) is 4.68. The fourth-order valence-electron chi connectivity index (χ4n) is 2.04. The normalized spacial score (nSPS) is 11.3. The van der Waals surface area contributed by atoms with Crippen molar-refractivity contribution in [3.63, 3.8) is 0 Å². The Morgan fingerprint density at radius 3 is 2.42 bits per heavy atom. The van der Waals surface area contributed by atoms with Crippen LogP contribution in [0.25, 0.3) is 0 Å². The molecule has 134 valence electrons. The number of benzene rings is 1. The highest BCUT2D eigenvalue weighted by Gasteiger charge is 2.30. The Bertz CT molecular complexity index is 700.